The minimum atomic E-state index is -0.705. The number of hydrogen-bond donors (Lipinski definition) is 0. The molecule has 1 aliphatic heterocycles. The molecule has 274 valence electrons. The topological polar surface area (TPSA) is 64.1 Å². The summed E-state index contributed by atoms with van der Waals surface area (Å²) in [5.74, 6) is -0.189. The minimum Gasteiger partial charge on any atom is -0.493 e. The molecular weight excluding hydrogens is 679 g/mol. The van der Waals surface area contributed by atoms with Crippen LogP contribution in [0.3, 0.4) is 0 Å². The fourth-order valence-corrected chi connectivity index (χ4v) is 6.07. The molecule has 1 saturated heterocycles. The summed E-state index contributed by atoms with van der Waals surface area (Å²) in [6.07, 6.45) is 4.40. The van der Waals surface area contributed by atoms with Crippen molar-refractivity contribution in [2.75, 3.05) is 32.8 Å². The van der Waals surface area contributed by atoms with E-state index in [0.717, 1.165) is 43.9 Å². The van der Waals surface area contributed by atoms with Crippen LogP contribution in [0.5, 0.6) is 23.1 Å². The Kier molecular flexibility index (Phi) is 12.4. The number of hydrogen-bond acceptors (Lipinski definition) is 7. The summed E-state index contributed by atoms with van der Waals surface area (Å²) in [6, 6.07) is 27.8. The lowest BCUT2D eigenvalue weighted by Crippen LogP contribution is -2.45. The van der Waals surface area contributed by atoms with E-state index in [1.165, 1.54) is 53.2 Å². The van der Waals surface area contributed by atoms with E-state index in [0.29, 0.717) is 48.9 Å². The van der Waals surface area contributed by atoms with Crippen LogP contribution in [0.2, 0.25) is 0 Å². The third-order valence-corrected chi connectivity index (χ3v) is 9.14. The molecule has 1 fully saturated rings. The highest BCUT2D eigenvalue weighted by Gasteiger charge is 2.21. The maximum atomic E-state index is 15.3. The van der Waals surface area contributed by atoms with Crippen LogP contribution in [0.1, 0.15) is 47.6 Å². The molecule has 10 heteroatoms. The number of piperazine rings is 1. The molecule has 0 N–H and O–H groups in total. The molecule has 2 heterocycles. The van der Waals surface area contributed by atoms with Gasteiger partial charge in [0.15, 0.2) is 11.6 Å². The first-order valence-electron chi connectivity index (χ1n) is 17.7. The van der Waals surface area contributed by atoms with Crippen molar-refractivity contribution in [1.29, 1.82) is 0 Å². The first kappa shape index (κ1) is 37.2. The van der Waals surface area contributed by atoms with E-state index in [2.05, 4.69) is 65.0 Å². The molecule has 0 unspecified atom stereocenters. The maximum Gasteiger partial charge on any atom is 0.219 e. The van der Waals surface area contributed by atoms with Gasteiger partial charge in [0.05, 0.1) is 12.8 Å². The molecule has 0 atom stereocenters. The predicted molar refractivity (Wildman–Crippen MR) is 198 cm³/mol. The monoisotopic (exact) mass is 721 g/mol. The van der Waals surface area contributed by atoms with E-state index in [4.69, 9.17) is 14.2 Å². The van der Waals surface area contributed by atoms with Gasteiger partial charge < -0.3 is 19.1 Å². The lowest BCUT2D eigenvalue weighted by Gasteiger charge is -2.37. The number of aldehydes is 1. The van der Waals surface area contributed by atoms with Crippen molar-refractivity contribution in [3.63, 3.8) is 0 Å². The second kappa shape index (κ2) is 17.7. The first-order valence-corrected chi connectivity index (χ1v) is 17.7. The Morgan fingerprint density at radius 2 is 1.53 bits per heavy atom. The van der Waals surface area contributed by atoms with E-state index in [-0.39, 0.29) is 23.8 Å². The Balaban J connectivity index is 0.968. The number of pyridine rings is 1. The average molecular weight is 722 g/mol. The summed E-state index contributed by atoms with van der Waals surface area (Å²) in [5, 5.41) is 0. The minimum absolute atomic E-state index is 0.0358. The standard InChI is InChI=1S/C43H42F3N3O4/c1-30(2)33-7-3-31(4-8-33)18-24-51-37-12-5-32(6-13-37)28-48-19-21-49(22-20-48)41(17-23-50)34-10-15-42(40(46)25-34)53-43-16-14-38(27-47-43)52-29-35-9-11-36(44)26-39(35)45/h3-17,23,25-27,30H,18-22,24,28-29H2,1-2H3/b41-17+. The zero-order valence-corrected chi connectivity index (χ0v) is 29.8. The molecule has 0 amide bonds. The van der Waals surface area contributed by atoms with E-state index >= 15 is 4.39 Å². The number of allylic oxidation sites excluding steroid dienone is 1. The third kappa shape index (κ3) is 10.3. The van der Waals surface area contributed by atoms with E-state index in [1.807, 2.05) is 12.1 Å². The van der Waals surface area contributed by atoms with Crippen LogP contribution in [-0.4, -0.2) is 53.9 Å². The van der Waals surface area contributed by atoms with Crippen molar-refractivity contribution in [2.24, 2.45) is 0 Å². The highest BCUT2D eigenvalue weighted by Crippen LogP contribution is 2.29. The molecule has 1 aliphatic rings. The number of carbonyl (C=O) groups excluding carboxylic acids is 1. The van der Waals surface area contributed by atoms with Crippen molar-refractivity contribution >= 4 is 12.0 Å². The van der Waals surface area contributed by atoms with Gasteiger partial charge in [-0.2, -0.15) is 0 Å². The molecule has 0 saturated carbocycles. The SMILES string of the molecule is CC(C)c1ccc(CCOc2ccc(CN3CCN(/C(=C/C=O)c4ccc(Oc5ccc(OCc6ccc(F)cc6F)cn5)c(F)c4)CC3)cc2)cc1. The van der Waals surface area contributed by atoms with Crippen molar-refractivity contribution in [1.82, 2.24) is 14.8 Å². The van der Waals surface area contributed by atoms with Gasteiger partial charge in [0, 0.05) is 74.2 Å². The second-order valence-electron chi connectivity index (χ2n) is 13.2. The summed E-state index contributed by atoms with van der Waals surface area (Å²) in [5.41, 5.74) is 5.18. The van der Waals surface area contributed by atoms with Crippen LogP contribution < -0.4 is 14.2 Å². The van der Waals surface area contributed by atoms with Gasteiger partial charge in [-0.15, -0.1) is 0 Å². The van der Waals surface area contributed by atoms with Crippen molar-refractivity contribution in [3.05, 3.63) is 155 Å². The number of aromatic nitrogens is 1. The summed E-state index contributed by atoms with van der Waals surface area (Å²) < 4.78 is 59.5. The molecule has 0 aliphatic carbocycles. The molecule has 0 bridgehead atoms. The third-order valence-electron chi connectivity index (χ3n) is 9.14. The smallest absolute Gasteiger partial charge is 0.219 e. The molecule has 6 rings (SSSR count). The molecule has 0 spiro atoms. The van der Waals surface area contributed by atoms with Crippen LogP contribution in [0, 0.1) is 17.5 Å². The van der Waals surface area contributed by atoms with Gasteiger partial charge >= 0.3 is 0 Å². The first-order chi connectivity index (χ1) is 25.7. The highest BCUT2D eigenvalue weighted by molar-refractivity contribution is 5.81. The van der Waals surface area contributed by atoms with Crippen LogP contribution in [-0.2, 0) is 24.4 Å². The van der Waals surface area contributed by atoms with Crippen molar-refractivity contribution in [3.8, 4) is 23.1 Å². The summed E-state index contributed by atoms with van der Waals surface area (Å²) >= 11 is 0. The zero-order chi connectivity index (χ0) is 37.2. The lowest BCUT2D eigenvalue weighted by molar-refractivity contribution is -0.104. The molecular formula is C43H42F3N3O4. The Morgan fingerprint density at radius 3 is 2.19 bits per heavy atom. The van der Waals surface area contributed by atoms with Gasteiger partial charge in [-0.1, -0.05) is 50.2 Å². The number of rotatable bonds is 15. The summed E-state index contributed by atoms with van der Waals surface area (Å²) in [6.45, 7) is 8.58. The quantitative estimate of drug-likeness (QED) is 0.0790. The Hall–Kier alpha value is -5.61. The fraction of sp³-hybridized carbons (Fsp3) is 0.256. The van der Waals surface area contributed by atoms with Crippen LogP contribution >= 0.6 is 0 Å². The van der Waals surface area contributed by atoms with Crippen LogP contribution in [0.4, 0.5) is 13.2 Å². The molecule has 1 aromatic heterocycles. The molecule has 4 aromatic carbocycles. The number of benzene rings is 4. The zero-order valence-electron chi connectivity index (χ0n) is 29.8. The van der Waals surface area contributed by atoms with Gasteiger partial charge in [-0.25, -0.2) is 18.2 Å². The summed E-state index contributed by atoms with van der Waals surface area (Å²) in [7, 11) is 0. The molecule has 53 heavy (non-hydrogen) atoms. The Labute approximate surface area is 308 Å². The van der Waals surface area contributed by atoms with Gasteiger partial charge in [0.1, 0.15) is 36.0 Å². The Morgan fingerprint density at radius 1 is 0.792 bits per heavy atom. The number of nitrogens with zero attached hydrogens (tertiary/aromatic N) is 3. The van der Waals surface area contributed by atoms with Crippen molar-refractivity contribution in [2.45, 2.75) is 39.3 Å². The average Bonchev–Trinajstić information content (AvgIpc) is 3.16. The van der Waals surface area contributed by atoms with E-state index in [1.54, 1.807) is 12.1 Å². The largest absolute Gasteiger partial charge is 0.493 e. The van der Waals surface area contributed by atoms with Crippen molar-refractivity contribution < 1.29 is 32.2 Å². The lowest BCUT2D eigenvalue weighted by atomic mass is 10.0. The Bertz CT molecular complexity index is 1990. The van der Waals surface area contributed by atoms with E-state index < -0.39 is 17.5 Å². The predicted octanol–water partition coefficient (Wildman–Crippen LogP) is 8.97. The fourth-order valence-electron chi connectivity index (χ4n) is 6.07. The van der Waals surface area contributed by atoms with Crippen LogP contribution in [0.15, 0.2) is 109 Å². The number of ether oxygens (including phenoxy) is 3. The molecule has 7 nitrogen and oxygen atoms in total. The second-order valence-corrected chi connectivity index (χ2v) is 13.2. The maximum absolute atomic E-state index is 15.3. The highest BCUT2D eigenvalue weighted by atomic mass is 19.1. The van der Waals surface area contributed by atoms with Gasteiger partial charge in [-0.3, -0.25) is 9.69 Å². The van der Waals surface area contributed by atoms with Gasteiger partial charge in [0.25, 0.3) is 0 Å². The number of carbonyl (C=O) groups is 1. The van der Waals surface area contributed by atoms with E-state index in [9.17, 15) is 13.6 Å². The normalized spacial score (nSPS) is 13.6. The van der Waals surface area contributed by atoms with Gasteiger partial charge in [-0.05, 0) is 71.1 Å². The van der Waals surface area contributed by atoms with Crippen LogP contribution in [0.25, 0.3) is 5.70 Å². The van der Waals surface area contributed by atoms with Gasteiger partial charge in [0.2, 0.25) is 5.88 Å². The molecule has 5 aromatic rings. The molecule has 0 radical (unpaired) electrons. The number of halogens is 3. The summed E-state index contributed by atoms with van der Waals surface area (Å²) in [4.78, 5) is 20.2.